The molecule has 0 saturated carbocycles. The van der Waals surface area contributed by atoms with Crippen LogP contribution in [0, 0.1) is 0 Å². The monoisotopic (exact) mass is 420 g/mol. The molecule has 1 saturated heterocycles. The van der Waals surface area contributed by atoms with Crippen molar-refractivity contribution in [3.05, 3.63) is 60.2 Å². The Hall–Kier alpha value is -2.46. The van der Waals surface area contributed by atoms with Gasteiger partial charge in [0.15, 0.2) is 0 Å². The summed E-state index contributed by atoms with van der Waals surface area (Å²) in [5, 5.41) is 12.3. The number of hydrogen-bond donors (Lipinski definition) is 3. The number of sulfone groups is 1. The van der Waals surface area contributed by atoms with E-state index in [4.69, 9.17) is 9.47 Å². The maximum absolute atomic E-state index is 13.7. The summed E-state index contributed by atoms with van der Waals surface area (Å²) in [5.74, 6) is -0.605. The third kappa shape index (κ3) is 3.99. The third-order valence-electron chi connectivity index (χ3n) is 5.01. The van der Waals surface area contributed by atoms with Gasteiger partial charge in [-0.15, -0.1) is 0 Å². The first-order chi connectivity index (χ1) is 14.0. The molecule has 156 valence electrons. The number of rotatable bonds is 8. The van der Waals surface area contributed by atoms with Crippen molar-refractivity contribution in [2.75, 3.05) is 13.7 Å². The van der Waals surface area contributed by atoms with Crippen LogP contribution in [0.25, 0.3) is 0 Å². The lowest BCUT2D eigenvalue weighted by atomic mass is 10.1. The van der Waals surface area contributed by atoms with Gasteiger partial charge in [-0.05, 0) is 42.7 Å². The first kappa shape index (κ1) is 21.3. The Balaban J connectivity index is 2.09. The molecule has 29 heavy (non-hydrogen) atoms. The van der Waals surface area contributed by atoms with Crippen LogP contribution in [-0.4, -0.2) is 44.2 Å². The van der Waals surface area contributed by atoms with Gasteiger partial charge in [-0.3, -0.25) is 15.3 Å². The number of hydroxylamine groups is 1. The number of carbonyl (C=O) groups excluding carboxylic acids is 1. The van der Waals surface area contributed by atoms with Crippen molar-refractivity contribution in [2.24, 2.45) is 0 Å². The van der Waals surface area contributed by atoms with Crippen LogP contribution in [0.5, 0.6) is 5.75 Å². The molecule has 2 aromatic carbocycles. The highest BCUT2D eigenvalue weighted by Gasteiger charge is 2.58. The molecule has 9 heteroatoms. The minimum absolute atomic E-state index is 0.0852. The van der Waals surface area contributed by atoms with Crippen LogP contribution in [0.2, 0.25) is 0 Å². The molecule has 1 heterocycles. The van der Waals surface area contributed by atoms with Crippen LogP contribution in [-0.2, 0) is 25.9 Å². The van der Waals surface area contributed by atoms with E-state index >= 15 is 0 Å². The summed E-state index contributed by atoms with van der Waals surface area (Å²) >= 11 is 0. The molecule has 0 aromatic heterocycles. The fourth-order valence-corrected chi connectivity index (χ4v) is 5.43. The summed E-state index contributed by atoms with van der Waals surface area (Å²) in [6.45, 7) is 0.416. The van der Waals surface area contributed by atoms with Gasteiger partial charge < -0.3 is 9.47 Å². The van der Waals surface area contributed by atoms with Crippen molar-refractivity contribution in [1.82, 2.24) is 10.8 Å². The molecule has 0 spiro atoms. The number of benzene rings is 2. The highest BCUT2D eigenvalue weighted by molar-refractivity contribution is 7.93. The molecule has 1 fully saturated rings. The van der Waals surface area contributed by atoms with E-state index in [0.29, 0.717) is 25.2 Å². The third-order valence-corrected chi connectivity index (χ3v) is 7.35. The van der Waals surface area contributed by atoms with Gasteiger partial charge in [0.2, 0.25) is 14.7 Å². The molecule has 3 rings (SSSR count). The number of hydrogen-bond acceptors (Lipinski definition) is 7. The van der Waals surface area contributed by atoms with Gasteiger partial charge in [-0.25, -0.2) is 13.9 Å². The first-order valence-corrected chi connectivity index (χ1v) is 10.7. The average Bonchev–Trinajstić information content (AvgIpc) is 3.29. The van der Waals surface area contributed by atoms with E-state index in [0.717, 1.165) is 5.56 Å². The van der Waals surface area contributed by atoms with Crippen molar-refractivity contribution < 1.29 is 27.9 Å². The van der Waals surface area contributed by atoms with Crippen molar-refractivity contribution in [1.29, 1.82) is 0 Å². The van der Waals surface area contributed by atoms with Gasteiger partial charge in [0.05, 0.1) is 18.1 Å². The summed E-state index contributed by atoms with van der Waals surface area (Å²) in [7, 11) is -2.84. The van der Waals surface area contributed by atoms with Crippen LogP contribution in [0.1, 0.15) is 18.4 Å². The zero-order chi connectivity index (χ0) is 20.9. The standard InChI is InChI=1S/C20H24N2O6S/c1-27-16-9-11-17(12-10-16)29(25,26)20(19(23)22-24,18-8-5-13-28-18)21-14-15-6-3-2-4-7-15/h2-4,6-7,9-12,18,21,24H,5,8,13-14H2,1H3,(H,22,23)/t18?,20-/m1/s1. The van der Waals surface area contributed by atoms with Gasteiger partial charge in [0.1, 0.15) is 5.75 Å². The number of methoxy groups -OCH3 is 1. The molecule has 2 aromatic rings. The Morgan fingerprint density at radius 2 is 1.90 bits per heavy atom. The van der Waals surface area contributed by atoms with E-state index in [-0.39, 0.29) is 11.4 Å². The number of ether oxygens (including phenoxy) is 2. The lowest BCUT2D eigenvalue weighted by Crippen LogP contribution is -2.67. The first-order valence-electron chi connectivity index (χ1n) is 9.19. The normalized spacial score (nSPS) is 18.8. The van der Waals surface area contributed by atoms with Crippen LogP contribution >= 0.6 is 0 Å². The van der Waals surface area contributed by atoms with Gasteiger partial charge in [-0.2, -0.15) is 0 Å². The van der Waals surface area contributed by atoms with Crippen LogP contribution in [0.15, 0.2) is 59.5 Å². The van der Waals surface area contributed by atoms with Gasteiger partial charge in [-0.1, -0.05) is 30.3 Å². The van der Waals surface area contributed by atoms with Crippen molar-refractivity contribution in [3.63, 3.8) is 0 Å². The largest absolute Gasteiger partial charge is 0.497 e. The Kier molecular flexibility index (Phi) is 6.53. The zero-order valence-electron chi connectivity index (χ0n) is 16.0. The maximum atomic E-state index is 13.7. The van der Waals surface area contributed by atoms with E-state index in [1.54, 1.807) is 0 Å². The second-order valence-corrected chi connectivity index (χ2v) is 8.82. The fraction of sp³-hybridized carbons (Fsp3) is 0.350. The molecule has 1 aliphatic rings. The van der Waals surface area contributed by atoms with E-state index in [2.05, 4.69) is 5.32 Å². The lowest BCUT2D eigenvalue weighted by Gasteiger charge is -2.36. The van der Waals surface area contributed by atoms with Crippen LogP contribution in [0.4, 0.5) is 0 Å². The summed E-state index contributed by atoms with van der Waals surface area (Å²) in [6, 6.07) is 14.8. The zero-order valence-corrected chi connectivity index (χ0v) is 16.8. The summed E-state index contributed by atoms with van der Waals surface area (Å²) < 4.78 is 38.1. The molecule has 3 N–H and O–H groups in total. The van der Waals surface area contributed by atoms with E-state index in [1.165, 1.54) is 36.9 Å². The minimum Gasteiger partial charge on any atom is -0.497 e. The quantitative estimate of drug-likeness (QED) is 0.439. The highest BCUT2D eigenvalue weighted by Crippen LogP contribution is 2.35. The maximum Gasteiger partial charge on any atom is 0.282 e. The lowest BCUT2D eigenvalue weighted by molar-refractivity contribution is -0.137. The number of nitrogens with one attached hydrogen (secondary N) is 2. The molecule has 1 aliphatic heterocycles. The second kappa shape index (κ2) is 8.91. The van der Waals surface area contributed by atoms with Gasteiger partial charge in [0.25, 0.3) is 5.91 Å². The van der Waals surface area contributed by atoms with Gasteiger partial charge >= 0.3 is 0 Å². The molecule has 8 nitrogen and oxygen atoms in total. The average molecular weight is 420 g/mol. The highest BCUT2D eigenvalue weighted by atomic mass is 32.2. The van der Waals surface area contributed by atoms with E-state index < -0.39 is 26.7 Å². The molecule has 1 unspecified atom stereocenters. The van der Waals surface area contributed by atoms with E-state index in [9.17, 15) is 18.4 Å². The van der Waals surface area contributed by atoms with Gasteiger partial charge in [0, 0.05) is 13.2 Å². The Morgan fingerprint density at radius 1 is 1.21 bits per heavy atom. The summed E-state index contributed by atoms with van der Waals surface area (Å²) in [4.78, 5) is 10.6. The number of carbonyl (C=O) groups is 1. The summed E-state index contributed by atoms with van der Waals surface area (Å²) in [5.41, 5.74) is 2.32. The SMILES string of the molecule is COc1ccc(S(=O)(=O)[C@@](NCc2ccccc2)(C(=O)NO)C2CCCO2)cc1. The molecular weight excluding hydrogens is 396 g/mol. The van der Waals surface area contributed by atoms with Crippen molar-refractivity contribution in [2.45, 2.75) is 35.3 Å². The smallest absolute Gasteiger partial charge is 0.282 e. The Bertz CT molecular complexity index is 927. The van der Waals surface area contributed by atoms with Crippen LogP contribution in [0.3, 0.4) is 0 Å². The molecular formula is C20H24N2O6S. The Labute approximate surface area is 169 Å². The predicted octanol–water partition coefficient (Wildman–Crippen LogP) is 1.64. The molecule has 0 bridgehead atoms. The van der Waals surface area contributed by atoms with E-state index in [1.807, 2.05) is 30.3 Å². The Morgan fingerprint density at radius 3 is 2.45 bits per heavy atom. The number of amides is 1. The predicted molar refractivity (Wildman–Crippen MR) is 105 cm³/mol. The molecule has 2 atom stereocenters. The minimum atomic E-state index is -4.32. The second-order valence-electron chi connectivity index (χ2n) is 6.70. The van der Waals surface area contributed by atoms with Crippen molar-refractivity contribution in [3.8, 4) is 5.75 Å². The summed E-state index contributed by atoms with van der Waals surface area (Å²) in [6.07, 6.45) is -0.00797. The fourth-order valence-electron chi connectivity index (χ4n) is 3.48. The molecule has 0 aliphatic carbocycles. The molecule has 0 radical (unpaired) electrons. The molecule has 1 amide bonds. The van der Waals surface area contributed by atoms with Crippen LogP contribution < -0.4 is 15.5 Å². The van der Waals surface area contributed by atoms with Crippen molar-refractivity contribution >= 4 is 15.7 Å². The topological polar surface area (TPSA) is 114 Å².